The monoisotopic (exact) mass is 280 g/mol. The second-order valence-corrected chi connectivity index (χ2v) is 3.96. The first-order valence-corrected chi connectivity index (χ1v) is 5.27. The second-order valence-electron chi connectivity index (χ2n) is 3.61. The van der Waals surface area contributed by atoms with E-state index in [9.17, 15) is 13.2 Å². The number of hydrogen-bond donors (Lipinski definition) is 0. The predicted molar refractivity (Wildman–Crippen MR) is 56.7 cm³/mol. The van der Waals surface area contributed by atoms with Crippen molar-refractivity contribution in [2.45, 2.75) is 26.1 Å². The van der Waals surface area contributed by atoms with E-state index in [4.69, 9.17) is 16.3 Å². The van der Waals surface area contributed by atoms with Crippen molar-refractivity contribution in [3.8, 4) is 5.88 Å². The molecule has 0 aromatic carbocycles. The Morgan fingerprint density at radius 1 is 1.44 bits per heavy atom. The maximum absolute atomic E-state index is 12.5. The number of fused-ring (bicyclic) bond motifs is 1. The van der Waals surface area contributed by atoms with Crippen LogP contribution in [0.15, 0.2) is 6.33 Å². The van der Waals surface area contributed by atoms with E-state index in [-0.39, 0.29) is 22.4 Å². The zero-order chi connectivity index (χ0) is 13.5. The first-order valence-electron chi connectivity index (χ1n) is 4.90. The number of ether oxygens (including phenoxy) is 1. The van der Waals surface area contributed by atoms with Gasteiger partial charge in [-0.15, -0.1) is 0 Å². The zero-order valence-electron chi connectivity index (χ0n) is 9.36. The molecular formula is C9H8ClF3N4O. The summed E-state index contributed by atoms with van der Waals surface area (Å²) >= 11 is 5.79. The molecule has 1 atom stereocenters. The van der Waals surface area contributed by atoms with Gasteiger partial charge in [0.05, 0.1) is 0 Å². The summed E-state index contributed by atoms with van der Waals surface area (Å²) in [5.41, 5.74) is 0.269. The fourth-order valence-electron chi connectivity index (χ4n) is 1.25. The van der Waals surface area contributed by atoms with Gasteiger partial charge in [-0.2, -0.15) is 32.8 Å². The van der Waals surface area contributed by atoms with E-state index in [2.05, 4.69) is 15.1 Å². The highest BCUT2D eigenvalue weighted by Crippen LogP contribution is 2.29. The van der Waals surface area contributed by atoms with Crippen LogP contribution in [-0.4, -0.2) is 31.9 Å². The van der Waals surface area contributed by atoms with Gasteiger partial charge in [-0.1, -0.05) is 11.6 Å². The highest BCUT2D eigenvalue weighted by atomic mass is 35.5. The van der Waals surface area contributed by atoms with Gasteiger partial charge >= 0.3 is 6.18 Å². The highest BCUT2D eigenvalue weighted by Gasteiger charge is 2.39. The van der Waals surface area contributed by atoms with E-state index in [1.807, 2.05) is 0 Å². The fourth-order valence-corrected chi connectivity index (χ4v) is 1.40. The van der Waals surface area contributed by atoms with Crippen LogP contribution in [0.1, 0.15) is 12.5 Å². The number of aromatic nitrogens is 4. The summed E-state index contributed by atoms with van der Waals surface area (Å²) in [5.74, 6) is -0.0395. The molecule has 0 amide bonds. The van der Waals surface area contributed by atoms with E-state index in [1.165, 1.54) is 6.92 Å². The Morgan fingerprint density at radius 2 is 2.11 bits per heavy atom. The molecule has 0 saturated carbocycles. The van der Waals surface area contributed by atoms with Gasteiger partial charge in [0.15, 0.2) is 6.10 Å². The minimum atomic E-state index is -4.48. The summed E-state index contributed by atoms with van der Waals surface area (Å²) in [6.45, 7) is 2.39. The average molecular weight is 281 g/mol. The van der Waals surface area contributed by atoms with Gasteiger partial charge in [-0.05, 0) is 13.8 Å². The van der Waals surface area contributed by atoms with E-state index in [1.54, 1.807) is 0 Å². The van der Waals surface area contributed by atoms with Crippen molar-refractivity contribution in [2.75, 3.05) is 0 Å². The van der Waals surface area contributed by atoms with Gasteiger partial charge in [0.25, 0.3) is 5.78 Å². The Kier molecular flexibility index (Phi) is 3.05. The molecule has 18 heavy (non-hydrogen) atoms. The average Bonchev–Trinajstić information content (AvgIpc) is 2.70. The van der Waals surface area contributed by atoms with E-state index >= 15 is 0 Å². The lowest BCUT2D eigenvalue weighted by molar-refractivity contribution is -0.190. The summed E-state index contributed by atoms with van der Waals surface area (Å²) in [6.07, 6.45) is -5.31. The zero-order valence-corrected chi connectivity index (χ0v) is 10.1. The number of nitrogens with zero attached hydrogens (tertiary/aromatic N) is 4. The number of rotatable bonds is 2. The van der Waals surface area contributed by atoms with Crippen LogP contribution in [0.4, 0.5) is 13.2 Å². The molecule has 2 aromatic heterocycles. The SMILES string of the molecule is Cc1c(Cl)nc2ncnn2c1OC(C)C(F)(F)F. The molecule has 9 heteroatoms. The van der Waals surface area contributed by atoms with Crippen LogP contribution in [0.25, 0.3) is 5.78 Å². The van der Waals surface area contributed by atoms with E-state index in [0.717, 1.165) is 17.8 Å². The first-order chi connectivity index (χ1) is 8.30. The Hall–Kier alpha value is -1.57. The lowest BCUT2D eigenvalue weighted by Crippen LogP contribution is -2.32. The molecule has 98 valence electrons. The standard InChI is InChI=1S/C9H8ClF3N4O/c1-4-6(10)16-8-14-3-15-17(8)7(4)18-5(2)9(11,12)13/h3,5H,1-2H3. The van der Waals surface area contributed by atoms with Crippen molar-refractivity contribution in [3.63, 3.8) is 0 Å². The first kappa shape index (κ1) is 12.9. The Balaban J connectivity index is 2.49. The predicted octanol–water partition coefficient (Wildman–Crippen LogP) is 2.42. The van der Waals surface area contributed by atoms with Gasteiger partial charge < -0.3 is 4.74 Å². The minimum absolute atomic E-state index is 0.0277. The van der Waals surface area contributed by atoms with Gasteiger partial charge in [-0.25, -0.2) is 0 Å². The van der Waals surface area contributed by atoms with E-state index < -0.39 is 12.3 Å². The number of halogens is 4. The van der Waals surface area contributed by atoms with Crippen molar-refractivity contribution in [1.82, 2.24) is 19.6 Å². The molecule has 2 heterocycles. The van der Waals surface area contributed by atoms with Crippen LogP contribution in [0, 0.1) is 6.92 Å². The molecule has 2 aromatic rings. The van der Waals surface area contributed by atoms with Crippen molar-refractivity contribution >= 4 is 17.4 Å². The molecular weight excluding hydrogens is 273 g/mol. The maximum atomic E-state index is 12.5. The third kappa shape index (κ3) is 2.20. The molecule has 0 bridgehead atoms. The number of hydrogen-bond acceptors (Lipinski definition) is 4. The smallest absolute Gasteiger partial charge is 0.425 e. The topological polar surface area (TPSA) is 52.3 Å². The Morgan fingerprint density at radius 3 is 2.72 bits per heavy atom. The minimum Gasteiger partial charge on any atom is -0.465 e. The molecule has 0 aliphatic heterocycles. The van der Waals surface area contributed by atoms with Crippen molar-refractivity contribution in [1.29, 1.82) is 0 Å². The summed E-state index contributed by atoms with van der Waals surface area (Å²) in [7, 11) is 0. The molecule has 0 spiro atoms. The lowest BCUT2D eigenvalue weighted by atomic mass is 10.3. The largest absolute Gasteiger partial charge is 0.465 e. The van der Waals surface area contributed by atoms with Crippen LogP contribution >= 0.6 is 11.6 Å². The Labute approximate surface area is 105 Å². The lowest BCUT2D eigenvalue weighted by Gasteiger charge is -2.19. The summed E-state index contributed by atoms with van der Waals surface area (Å²) in [4.78, 5) is 7.60. The normalized spacial score (nSPS) is 13.9. The summed E-state index contributed by atoms with van der Waals surface area (Å²) in [5, 5.41) is 3.78. The van der Waals surface area contributed by atoms with Crippen LogP contribution in [0.3, 0.4) is 0 Å². The van der Waals surface area contributed by atoms with Crippen molar-refractivity contribution < 1.29 is 17.9 Å². The van der Waals surface area contributed by atoms with Gasteiger partial charge in [0, 0.05) is 5.56 Å². The highest BCUT2D eigenvalue weighted by molar-refractivity contribution is 6.30. The van der Waals surface area contributed by atoms with Gasteiger partial charge in [-0.3, -0.25) is 0 Å². The molecule has 0 aliphatic carbocycles. The molecule has 5 nitrogen and oxygen atoms in total. The van der Waals surface area contributed by atoms with Crippen LogP contribution < -0.4 is 4.74 Å². The van der Waals surface area contributed by atoms with E-state index in [0.29, 0.717) is 0 Å². The molecule has 1 unspecified atom stereocenters. The molecule has 0 radical (unpaired) electrons. The van der Waals surface area contributed by atoms with Gasteiger partial charge in [0.2, 0.25) is 5.88 Å². The summed E-state index contributed by atoms with van der Waals surface area (Å²) in [6, 6.07) is 0. The third-order valence-corrected chi connectivity index (χ3v) is 2.67. The third-order valence-electron chi connectivity index (χ3n) is 2.30. The Bertz CT molecular complexity index is 583. The van der Waals surface area contributed by atoms with Crippen LogP contribution in [0.5, 0.6) is 5.88 Å². The maximum Gasteiger partial charge on any atom is 0.425 e. The van der Waals surface area contributed by atoms with Crippen LogP contribution in [-0.2, 0) is 0 Å². The number of alkyl halides is 3. The van der Waals surface area contributed by atoms with Crippen LogP contribution in [0.2, 0.25) is 5.15 Å². The molecule has 0 N–H and O–H groups in total. The fraction of sp³-hybridized carbons (Fsp3) is 0.444. The quantitative estimate of drug-likeness (QED) is 0.793. The second kappa shape index (κ2) is 4.27. The molecule has 0 fully saturated rings. The van der Waals surface area contributed by atoms with Crippen molar-refractivity contribution in [2.24, 2.45) is 0 Å². The molecule has 0 saturated heterocycles. The molecule has 2 rings (SSSR count). The summed E-state index contributed by atoms with van der Waals surface area (Å²) < 4.78 is 43.4. The van der Waals surface area contributed by atoms with Crippen molar-refractivity contribution in [3.05, 3.63) is 17.0 Å². The van der Waals surface area contributed by atoms with Gasteiger partial charge in [0.1, 0.15) is 11.5 Å². The molecule has 0 aliphatic rings.